The predicted molar refractivity (Wildman–Crippen MR) is 176 cm³/mol. The average molecular weight is 671 g/mol. The lowest BCUT2D eigenvalue weighted by molar-refractivity contribution is 0.00864. The van der Waals surface area contributed by atoms with Crippen molar-refractivity contribution in [2.24, 2.45) is 0 Å². The molecule has 1 saturated heterocycles. The molecule has 11 heteroatoms. The van der Waals surface area contributed by atoms with Gasteiger partial charge in [0.1, 0.15) is 0 Å². The Bertz CT molecular complexity index is 2280. The number of fused-ring (bicyclic) bond motifs is 1. The molecular weight excluding hydrogens is 646 g/mol. The van der Waals surface area contributed by atoms with Gasteiger partial charge in [0.15, 0.2) is 0 Å². The van der Waals surface area contributed by atoms with E-state index in [1.165, 1.54) is 34.4 Å². The van der Waals surface area contributed by atoms with Gasteiger partial charge in [-0.1, -0.05) is 72.3 Å². The van der Waals surface area contributed by atoms with Crippen molar-refractivity contribution in [3.8, 4) is 33.5 Å². The van der Waals surface area contributed by atoms with Gasteiger partial charge in [0.2, 0.25) is 0 Å². The van der Waals surface area contributed by atoms with Crippen molar-refractivity contribution in [2.75, 3.05) is 13.2 Å². The van der Waals surface area contributed by atoms with Crippen LogP contribution in [0.25, 0.3) is 44.4 Å². The van der Waals surface area contributed by atoms with E-state index < -0.39 is 22.4 Å². The van der Waals surface area contributed by atoms with Crippen LogP contribution in [0.3, 0.4) is 0 Å². The first-order chi connectivity index (χ1) is 22.6. The number of carboxylic acid groups (broad SMARTS) is 1. The Kier molecular flexibility index (Phi) is 7.87. The summed E-state index contributed by atoms with van der Waals surface area (Å²) >= 11 is 6.56. The molecule has 0 amide bonds. The highest BCUT2D eigenvalue weighted by Crippen LogP contribution is 2.46. The maximum atomic E-state index is 14.6. The zero-order chi connectivity index (χ0) is 32.9. The lowest BCUT2D eigenvalue weighted by Gasteiger charge is -2.28. The van der Waals surface area contributed by atoms with E-state index in [2.05, 4.69) is 4.98 Å². The van der Waals surface area contributed by atoms with Gasteiger partial charge in [-0.15, -0.1) is 0 Å². The number of alkyl halides is 2. The molecule has 0 spiro atoms. The van der Waals surface area contributed by atoms with Gasteiger partial charge in [-0.3, -0.25) is 4.98 Å². The second-order valence-corrected chi connectivity index (χ2v) is 13.4. The molecule has 0 radical (unpaired) electrons. The maximum Gasteiger partial charge on any atom is 0.335 e. The number of aromatic carboxylic acids is 1. The number of nitrogens with zero attached hydrogens (tertiary/aromatic N) is 2. The Labute approximate surface area is 273 Å². The second kappa shape index (κ2) is 12.0. The molecular formula is C36H25ClF2N2O5S. The Balaban J connectivity index is 1.54. The number of aromatic nitrogens is 2. The molecule has 4 aromatic carbocycles. The Morgan fingerprint density at radius 1 is 0.915 bits per heavy atom. The Morgan fingerprint density at radius 2 is 1.66 bits per heavy atom. The topological polar surface area (TPSA) is 98.5 Å². The van der Waals surface area contributed by atoms with Crippen LogP contribution >= 0.6 is 11.6 Å². The fourth-order valence-electron chi connectivity index (χ4n) is 5.99. The second-order valence-electron chi connectivity index (χ2n) is 11.2. The number of ether oxygens (including phenoxy) is 1. The number of hydrogen-bond acceptors (Lipinski definition) is 5. The zero-order valence-corrected chi connectivity index (χ0v) is 26.1. The van der Waals surface area contributed by atoms with Gasteiger partial charge in [-0.2, -0.15) is 0 Å². The molecule has 1 aliphatic heterocycles. The number of hydrogen-bond donors (Lipinski definition) is 1. The highest BCUT2D eigenvalue weighted by molar-refractivity contribution is 7.90. The fourth-order valence-corrected chi connectivity index (χ4v) is 7.83. The monoisotopic (exact) mass is 670 g/mol. The van der Waals surface area contributed by atoms with Gasteiger partial charge in [0.05, 0.1) is 34.9 Å². The summed E-state index contributed by atoms with van der Waals surface area (Å²) in [7, 11) is -4.37. The molecule has 47 heavy (non-hydrogen) atoms. The van der Waals surface area contributed by atoms with E-state index in [1.54, 1.807) is 42.6 Å². The number of halogens is 3. The van der Waals surface area contributed by atoms with E-state index in [4.69, 9.17) is 16.3 Å². The molecule has 1 aliphatic rings. The van der Waals surface area contributed by atoms with Crippen LogP contribution in [0.1, 0.15) is 33.8 Å². The first kappa shape index (κ1) is 30.7. The van der Waals surface area contributed by atoms with Crippen molar-refractivity contribution >= 4 is 38.5 Å². The van der Waals surface area contributed by atoms with E-state index in [0.29, 0.717) is 52.1 Å². The molecule has 1 N–H and O–H groups in total. The van der Waals surface area contributed by atoms with Crippen molar-refractivity contribution in [2.45, 2.75) is 17.2 Å². The number of carboxylic acids is 1. The summed E-state index contributed by atoms with van der Waals surface area (Å²) in [6.07, 6.45) is 0.381. The third kappa shape index (κ3) is 5.38. The van der Waals surface area contributed by atoms with E-state index in [9.17, 15) is 27.1 Å². The molecule has 1 fully saturated rings. The normalized spacial score (nSPS) is 13.6. The Hall–Kier alpha value is -4.90. The summed E-state index contributed by atoms with van der Waals surface area (Å²) < 4.78 is 62.8. The summed E-state index contributed by atoms with van der Waals surface area (Å²) in [5.41, 5.74) is 4.59. The van der Waals surface area contributed by atoms with Crippen LogP contribution in [0.15, 0.2) is 114 Å². The molecule has 0 unspecified atom stereocenters. The van der Waals surface area contributed by atoms with Crippen LogP contribution in [0.2, 0.25) is 5.02 Å². The summed E-state index contributed by atoms with van der Waals surface area (Å²) in [4.78, 5) is 15.7. The summed E-state index contributed by atoms with van der Waals surface area (Å²) in [6.45, 7) is 1.05. The average Bonchev–Trinajstić information content (AvgIpc) is 3.40. The van der Waals surface area contributed by atoms with Gasteiger partial charge in [-0.05, 0) is 53.1 Å². The molecule has 0 bridgehead atoms. The summed E-state index contributed by atoms with van der Waals surface area (Å²) in [5.74, 6) is -1.01. The van der Waals surface area contributed by atoms with E-state index in [0.717, 1.165) is 23.3 Å². The highest BCUT2D eigenvalue weighted by Gasteiger charge is 2.32. The van der Waals surface area contributed by atoms with E-state index >= 15 is 0 Å². The van der Waals surface area contributed by atoms with E-state index in [-0.39, 0.29) is 27.0 Å². The van der Waals surface area contributed by atoms with Crippen LogP contribution < -0.4 is 0 Å². The summed E-state index contributed by atoms with van der Waals surface area (Å²) in [5, 5.41) is 10.2. The Morgan fingerprint density at radius 3 is 2.34 bits per heavy atom. The molecule has 3 heterocycles. The standard InChI is InChI=1S/C36H25ClF2N2O5S/c37-31-17-24(36(42)43)10-13-28(31)22-4-3-5-23(16-22)34-33(29-7-2-1-6-27(29)25-19-46-20-25)30-18-40-15-14-32(30)41(34)47(44,45)26-11-8-21(9-12-26)35(38)39/h1-18,25,35H,19-20H2,(H,42,43). The van der Waals surface area contributed by atoms with Crippen LogP contribution in [0, 0.1) is 0 Å². The molecule has 236 valence electrons. The minimum atomic E-state index is -4.37. The molecule has 7 nitrogen and oxygen atoms in total. The van der Waals surface area contributed by atoms with Gasteiger partial charge in [0.25, 0.3) is 16.4 Å². The first-order valence-corrected chi connectivity index (χ1v) is 16.4. The molecule has 0 aliphatic carbocycles. The molecule has 6 aromatic rings. The largest absolute Gasteiger partial charge is 0.478 e. The maximum absolute atomic E-state index is 14.6. The molecule has 0 atom stereocenters. The summed E-state index contributed by atoms with van der Waals surface area (Å²) in [6, 6.07) is 25.6. The molecule has 7 rings (SSSR count). The van der Waals surface area contributed by atoms with Gasteiger partial charge in [-0.25, -0.2) is 26.0 Å². The van der Waals surface area contributed by atoms with Crippen LogP contribution in [-0.4, -0.2) is 41.7 Å². The smallest absolute Gasteiger partial charge is 0.335 e. The van der Waals surface area contributed by atoms with Crippen LogP contribution in [0.4, 0.5) is 8.78 Å². The lowest BCUT2D eigenvalue weighted by atomic mass is 9.87. The third-order valence-electron chi connectivity index (χ3n) is 8.37. The first-order valence-electron chi connectivity index (χ1n) is 14.6. The quantitative estimate of drug-likeness (QED) is 0.174. The number of rotatable bonds is 8. The van der Waals surface area contributed by atoms with Crippen molar-refractivity contribution in [3.05, 3.63) is 131 Å². The predicted octanol–water partition coefficient (Wildman–Crippen LogP) is 8.68. The van der Waals surface area contributed by atoms with Gasteiger partial charge < -0.3 is 9.84 Å². The molecule has 0 saturated carbocycles. The third-order valence-corrected chi connectivity index (χ3v) is 10.4. The number of benzene rings is 4. The van der Waals surface area contributed by atoms with Crippen LogP contribution in [0.5, 0.6) is 0 Å². The van der Waals surface area contributed by atoms with Crippen molar-refractivity contribution in [1.82, 2.24) is 8.96 Å². The SMILES string of the molecule is O=C(O)c1ccc(-c2cccc(-c3c(-c4ccccc4C4COC4)c4cnccc4n3S(=O)(=O)c3ccc(C(F)F)cc3)c2)c(Cl)c1. The van der Waals surface area contributed by atoms with Crippen molar-refractivity contribution < 1.29 is 31.8 Å². The number of carbonyl (C=O) groups is 1. The highest BCUT2D eigenvalue weighted by atomic mass is 35.5. The van der Waals surface area contributed by atoms with E-state index in [1.807, 2.05) is 24.3 Å². The van der Waals surface area contributed by atoms with Crippen LogP contribution in [-0.2, 0) is 14.8 Å². The molecule has 2 aromatic heterocycles. The van der Waals surface area contributed by atoms with Crippen molar-refractivity contribution in [3.63, 3.8) is 0 Å². The minimum absolute atomic E-state index is 0.0327. The number of pyridine rings is 1. The van der Waals surface area contributed by atoms with Gasteiger partial charge >= 0.3 is 5.97 Å². The van der Waals surface area contributed by atoms with Crippen molar-refractivity contribution in [1.29, 1.82) is 0 Å². The fraction of sp³-hybridized carbons (Fsp3) is 0.111. The zero-order valence-electron chi connectivity index (χ0n) is 24.5. The van der Waals surface area contributed by atoms with Gasteiger partial charge in [0, 0.05) is 51.0 Å². The lowest BCUT2D eigenvalue weighted by Crippen LogP contribution is -2.25. The minimum Gasteiger partial charge on any atom is -0.478 e.